The van der Waals surface area contributed by atoms with E-state index in [0.717, 1.165) is 17.9 Å². The van der Waals surface area contributed by atoms with E-state index in [4.69, 9.17) is 9.47 Å². The lowest BCUT2D eigenvalue weighted by Gasteiger charge is -2.34. The van der Waals surface area contributed by atoms with E-state index in [2.05, 4.69) is 19.6 Å². The van der Waals surface area contributed by atoms with Gasteiger partial charge in [-0.05, 0) is 6.92 Å². The molecule has 0 N–H and O–H groups in total. The molecule has 1 aliphatic rings. The molecule has 0 saturated carbocycles. The summed E-state index contributed by atoms with van der Waals surface area (Å²) in [4.78, 5) is 21.8. The molecule has 0 aliphatic carbocycles. The molecule has 1 aliphatic heterocycles. The molecule has 0 spiro atoms. The van der Waals surface area contributed by atoms with Crippen molar-refractivity contribution in [1.82, 2.24) is 9.97 Å². The number of aromatic nitrogens is 2. The van der Waals surface area contributed by atoms with Crippen molar-refractivity contribution in [2.75, 3.05) is 38.8 Å². The van der Waals surface area contributed by atoms with Crippen molar-refractivity contribution < 1.29 is 19.0 Å². The molecule has 20 heavy (non-hydrogen) atoms. The number of hydrogen-bond donors (Lipinski definition) is 0. The standard InChI is InChI=1S/C13H19N3O4/c1-9-12(14-8-15-13(9)19-3)16-4-5-20-10(7-16)6-11(17)18-2/h8,10H,4-7H2,1-3H3. The molecule has 1 saturated heterocycles. The molecule has 1 aromatic heterocycles. The third-order valence-electron chi connectivity index (χ3n) is 3.26. The van der Waals surface area contributed by atoms with Gasteiger partial charge in [0, 0.05) is 13.1 Å². The summed E-state index contributed by atoms with van der Waals surface area (Å²) in [6, 6.07) is 0. The fraction of sp³-hybridized carbons (Fsp3) is 0.615. The molecule has 2 heterocycles. The van der Waals surface area contributed by atoms with Crippen molar-refractivity contribution in [3.8, 4) is 5.88 Å². The molecule has 1 unspecified atom stereocenters. The number of esters is 1. The number of carbonyl (C=O) groups is 1. The van der Waals surface area contributed by atoms with Gasteiger partial charge in [-0.25, -0.2) is 9.97 Å². The van der Waals surface area contributed by atoms with Gasteiger partial charge in [0.1, 0.15) is 12.1 Å². The van der Waals surface area contributed by atoms with Crippen LogP contribution in [0.3, 0.4) is 0 Å². The second-order valence-electron chi connectivity index (χ2n) is 4.55. The normalized spacial score (nSPS) is 18.8. The first kappa shape index (κ1) is 14.5. The van der Waals surface area contributed by atoms with Crippen LogP contribution in [-0.2, 0) is 14.3 Å². The molecular weight excluding hydrogens is 262 g/mol. The summed E-state index contributed by atoms with van der Waals surface area (Å²) in [5, 5.41) is 0. The minimum Gasteiger partial charge on any atom is -0.481 e. The predicted molar refractivity (Wildman–Crippen MR) is 71.9 cm³/mol. The molecular formula is C13H19N3O4. The number of carbonyl (C=O) groups excluding carboxylic acids is 1. The Morgan fingerprint density at radius 1 is 1.50 bits per heavy atom. The molecule has 110 valence electrons. The molecule has 1 fully saturated rings. The molecule has 0 amide bonds. The average Bonchev–Trinajstić information content (AvgIpc) is 2.47. The van der Waals surface area contributed by atoms with Gasteiger partial charge in [-0.2, -0.15) is 0 Å². The van der Waals surface area contributed by atoms with Crippen LogP contribution in [0.5, 0.6) is 5.88 Å². The maximum absolute atomic E-state index is 11.3. The third-order valence-corrected chi connectivity index (χ3v) is 3.26. The van der Waals surface area contributed by atoms with Gasteiger partial charge in [-0.15, -0.1) is 0 Å². The monoisotopic (exact) mass is 281 g/mol. The SMILES string of the molecule is COC(=O)CC1CN(c2ncnc(OC)c2C)CCO1. The zero-order valence-electron chi connectivity index (χ0n) is 12.0. The highest BCUT2D eigenvalue weighted by Crippen LogP contribution is 2.25. The predicted octanol–water partition coefficient (Wildman–Crippen LogP) is 0.562. The highest BCUT2D eigenvalue weighted by Gasteiger charge is 2.25. The van der Waals surface area contributed by atoms with Crippen molar-refractivity contribution >= 4 is 11.8 Å². The summed E-state index contributed by atoms with van der Waals surface area (Å²) in [5.41, 5.74) is 0.883. The zero-order chi connectivity index (χ0) is 14.5. The van der Waals surface area contributed by atoms with Gasteiger partial charge in [0.15, 0.2) is 0 Å². The molecule has 0 bridgehead atoms. The minimum absolute atomic E-state index is 0.184. The number of morpholine rings is 1. The van der Waals surface area contributed by atoms with Gasteiger partial charge in [0.25, 0.3) is 0 Å². The fourth-order valence-electron chi connectivity index (χ4n) is 2.25. The molecule has 7 nitrogen and oxygen atoms in total. The quantitative estimate of drug-likeness (QED) is 0.747. The largest absolute Gasteiger partial charge is 0.481 e. The topological polar surface area (TPSA) is 73.8 Å². The number of nitrogens with zero attached hydrogens (tertiary/aromatic N) is 3. The van der Waals surface area contributed by atoms with Crippen LogP contribution in [0, 0.1) is 6.92 Å². The average molecular weight is 281 g/mol. The first-order valence-electron chi connectivity index (χ1n) is 6.44. The second kappa shape index (κ2) is 6.51. The van der Waals surface area contributed by atoms with Gasteiger partial charge in [-0.3, -0.25) is 4.79 Å². The summed E-state index contributed by atoms with van der Waals surface area (Å²) in [6.45, 7) is 3.78. The summed E-state index contributed by atoms with van der Waals surface area (Å²) in [7, 11) is 2.96. The zero-order valence-corrected chi connectivity index (χ0v) is 12.0. The summed E-state index contributed by atoms with van der Waals surface area (Å²) in [6.07, 6.45) is 1.54. The van der Waals surface area contributed by atoms with E-state index >= 15 is 0 Å². The number of methoxy groups -OCH3 is 2. The lowest BCUT2D eigenvalue weighted by molar-refractivity contribution is -0.144. The first-order valence-corrected chi connectivity index (χ1v) is 6.44. The Labute approximate surface area is 117 Å². The van der Waals surface area contributed by atoms with Gasteiger partial charge in [0.2, 0.25) is 5.88 Å². The van der Waals surface area contributed by atoms with E-state index in [1.54, 1.807) is 7.11 Å². The van der Waals surface area contributed by atoms with Crippen LogP contribution in [-0.4, -0.2) is 56.0 Å². The van der Waals surface area contributed by atoms with Crippen molar-refractivity contribution in [2.45, 2.75) is 19.4 Å². The lowest BCUT2D eigenvalue weighted by Crippen LogP contribution is -2.44. The summed E-state index contributed by atoms with van der Waals surface area (Å²) < 4.78 is 15.5. The Kier molecular flexibility index (Phi) is 4.73. The lowest BCUT2D eigenvalue weighted by atomic mass is 10.2. The third kappa shape index (κ3) is 3.16. The van der Waals surface area contributed by atoms with E-state index in [1.165, 1.54) is 13.4 Å². The fourth-order valence-corrected chi connectivity index (χ4v) is 2.25. The van der Waals surface area contributed by atoms with Crippen LogP contribution in [0.1, 0.15) is 12.0 Å². The Morgan fingerprint density at radius 2 is 2.30 bits per heavy atom. The first-order chi connectivity index (χ1) is 9.65. The Bertz CT molecular complexity index is 481. The van der Waals surface area contributed by atoms with Crippen LogP contribution in [0.15, 0.2) is 6.33 Å². The van der Waals surface area contributed by atoms with Gasteiger partial charge < -0.3 is 19.1 Å². The van der Waals surface area contributed by atoms with Crippen LogP contribution >= 0.6 is 0 Å². The van der Waals surface area contributed by atoms with E-state index in [1.807, 2.05) is 6.92 Å². The molecule has 7 heteroatoms. The molecule has 0 aromatic carbocycles. The molecule has 0 radical (unpaired) electrons. The molecule has 1 aromatic rings. The highest BCUT2D eigenvalue weighted by atomic mass is 16.5. The molecule has 1 atom stereocenters. The smallest absolute Gasteiger partial charge is 0.308 e. The summed E-state index contributed by atoms with van der Waals surface area (Å²) >= 11 is 0. The van der Waals surface area contributed by atoms with Crippen molar-refractivity contribution in [1.29, 1.82) is 0 Å². The van der Waals surface area contributed by atoms with Gasteiger partial charge >= 0.3 is 5.97 Å². The van der Waals surface area contributed by atoms with Crippen LogP contribution < -0.4 is 9.64 Å². The minimum atomic E-state index is -0.270. The van der Waals surface area contributed by atoms with Crippen molar-refractivity contribution in [2.24, 2.45) is 0 Å². The Hall–Kier alpha value is -1.89. The number of ether oxygens (including phenoxy) is 3. The summed E-state index contributed by atoms with van der Waals surface area (Å²) in [5.74, 6) is 1.11. The Balaban J connectivity index is 2.11. The van der Waals surface area contributed by atoms with Crippen molar-refractivity contribution in [3.63, 3.8) is 0 Å². The maximum atomic E-state index is 11.3. The molecule has 2 rings (SSSR count). The number of rotatable bonds is 4. The Morgan fingerprint density at radius 3 is 3.00 bits per heavy atom. The second-order valence-corrected chi connectivity index (χ2v) is 4.55. The van der Waals surface area contributed by atoms with Crippen molar-refractivity contribution in [3.05, 3.63) is 11.9 Å². The van der Waals surface area contributed by atoms with Crippen LogP contribution in [0.2, 0.25) is 0 Å². The van der Waals surface area contributed by atoms with E-state index < -0.39 is 0 Å². The van der Waals surface area contributed by atoms with E-state index in [0.29, 0.717) is 19.0 Å². The van der Waals surface area contributed by atoms with Crippen LogP contribution in [0.4, 0.5) is 5.82 Å². The van der Waals surface area contributed by atoms with Gasteiger partial charge in [-0.1, -0.05) is 0 Å². The highest BCUT2D eigenvalue weighted by molar-refractivity contribution is 5.70. The maximum Gasteiger partial charge on any atom is 0.308 e. The van der Waals surface area contributed by atoms with E-state index in [9.17, 15) is 4.79 Å². The van der Waals surface area contributed by atoms with E-state index in [-0.39, 0.29) is 18.5 Å². The van der Waals surface area contributed by atoms with Gasteiger partial charge in [0.05, 0.1) is 38.9 Å². The number of hydrogen-bond acceptors (Lipinski definition) is 7. The van der Waals surface area contributed by atoms with Crippen LogP contribution in [0.25, 0.3) is 0 Å². The number of anilines is 1.